The SMILES string of the molecule is Cn1cc(C(F)(F)C(F)(F)F)c(=O)n(C)c1=O. The summed E-state index contributed by atoms with van der Waals surface area (Å²) in [5.74, 6) is -5.30. The minimum atomic E-state index is -5.89. The molecule has 0 aromatic carbocycles. The van der Waals surface area contributed by atoms with Crippen LogP contribution in [-0.2, 0) is 20.0 Å². The Morgan fingerprint density at radius 3 is 1.94 bits per heavy atom. The zero-order chi connectivity index (χ0) is 13.6. The summed E-state index contributed by atoms with van der Waals surface area (Å²) in [5, 5.41) is 0. The van der Waals surface area contributed by atoms with E-state index in [0.717, 1.165) is 14.1 Å². The van der Waals surface area contributed by atoms with Gasteiger partial charge in [-0.3, -0.25) is 9.36 Å². The Hall–Kier alpha value is -1.67. The number of halogens is 5. The first kappa shape index (κ1) is 13.4. The van der Waals surface area contributed by atoms with Crippen LogP contribution in [0.3, 0.4) is 0 Å². The average Bonchev–Trinajstić information content (AvgIpc) is 2.18. The summed E-state index contributed by atoms with van der Waals surface area (Å²) in [5.41, 5.74) is -4.44. The van der Waals surface area contributed by atoms with Gasteiger partial charge in [-0.05, 0) is 0 Å². The highest BCUT2D eigenvalue weighted by Crippen LogP contribution is 2.42. The van der Waals surface area contributed by atoms with Gasteiger partial charge in [0.1, 0.15) is 5.56 Å². The monoisotopic (exact) mass is 258 g/mol. The van der Waals surface area contributed by atoms with Gasteiger partial charge in [-0.2, -0.15) is 22.0 Å². The van der Waals surface area contributed by atoms with Gasteiger partial charge in [-0.15, -0.1) is 0 Å². The number of hydrogen-bond donors (Lipinski definition) is 0. The van der Waals surface area contributed by atoms with Gasteiger partial charge in [-0.1, -0.05) is 0 Å². The molecule has 1 aromatic heterocycles. The zero-order valence-corrected chi connectivity index (χ0v) is 8.68. The summed E-state index contributed by atoms with van der Waals surface area (Å²) in [6, 6.07) is 0. The molecule has 0 unspecified atom stereocenters. The van der Waals surface area contributed by atoms with E-state index in [9.17, 15) is 31.5 Å². The van der Waals surface area contributed by atoms with E-state index in [-0.39, 0.29) is 10.8 Å². The molecule has 1 heterocycles. The molecule has 1 rings (SSSR count). The third-order valence-corrected chi connectivity index (χ3v) is 2.14. The van der Waals surface area contributed by atoms with E-state index in [1.54, 1.807) is 0 Å². The van der Waals surface area contributed by atoms with E-state index >= 15 is 0 Å². The van der Waals surface area contributed by atoms with Gasteiger partial charge in [0.2, 0.25) is 0 Å². The molecule has 0 bridgehead atoms. The van der Waals surface area contributed by atoms with Gasteiger partial charge in [0.15, 0.2) is 0 Å². The smallest absolute Gasteiger partial charge is 0.303 e. The molecule has 0 spiro atoms. The molecule has 4 nitrogen and oxygen atoms in total. The van der Waals surface area contributed by atoms with Crippen molar-refractivity contribution in [3.8, 4) is 0 Å². The molecule has 0 saturated carbocycles. The molecule has 96 valence electrons. The van der Waals surface area contributed by atoms with Crippen LogP contribution >= 0.6 is 0 Å². The Morgan fingerprint density at radius 2 is 1.53 bits per heavy atom. The maximum atomic E-state index is 13.0. The fraction of sp³-hybridized carbons (Fsp3) is 0.500. The molecule has 1 aromatic rings. The van der Waals surface area contributed by atoms with Crippen LogP contribution in [0.25, 0.3) is 0 Å². The molecule has 0 N–H and O–H groups in total. The molecule has 0 atom stereocenters. The van der Waals surface area contributed by atoms with Gasteiger partial charge < -0.3 is 4.57 Å². The van der Waals surface area contributed by atoms with Crippen LogP contribution < -0.4 is 11.2 Å². The number of nitrogens with zero attached hydrogens (tertiary/aromatic N) is 2. The van der Waals surface area contributed by atoms with Crippen LogP contribution in [0.15, 0.2) is 15.8 Å². The van der Waals surface area contributed by atoms with Crippen LogP contribution in [0.4, 0.5) is 22.0 Å². The Balaban J connectivity index is 3.66. The third-order valence-electron chi connectivity index (χ3n) is 2.14. The van der Waals surface area contributed by atoms with Crippen molar-refractivity contribution in [3.05, 3.63) is 32.6 Å². The summed E-state index contributed by atoms with van der Waals surface area (Å²) in [4.78, 5) is 22.3. The van der Waals surface area contributed by atoms with E-state index in [4.69, 9.17) is 0 Å². The normalized spacial score (nSPS) is 12.9. The molecule has 0 aliphatic heterocycles. The van der Waals surface area contributed by atoms with E-state index < -0.39 is 28.9 Å². The molecular formula is C8H7F5N2O2. The largest absolute Gasteiger partial charge is 0.458 e. The second kappa shape index (κ2) is 3.67. The number of aryl methyl sites for hydroxylation is 1. The molecule has 0 fully saturated rings. The first-order valence-corrected chi connectivity index (χ1v) is 4.22. The summed E-state index contributed by atoms with van der Waals surface area (Å²) >= 11 is 0. The fourth-order valence-corrected chi connectivity index (χ4v) is 1.18. The molecule has 9 heteroatoms. The molecule has 17 heavy (non-hydrogen) atoms. The number of rotatable bonds is 1. The topological polar surface area (TPSA) is 44.0 Å². The van der Waals surface area contributed by atoms with Gasteiger partial charge >= 0.3 is 17.8 Å². The van der Waals surface area contributed by atoms with Crippen molar-refractivity contribution in [2.24, 2.45) is 14.1 Å². The van der Waals surface area contributed by atoms with Gasteiger partial charge in [0, 0.05) is 20.3 Å². The Kier molecular flexibility index (Phi) is 2.89. The predicted molar refractivity (Wildman–Crippen MR) is 46.9 cm³/mol. The minimum Gasteiger partial charge on any atom is -0.303 e. The van der Waals surface area contributed by atoms with Crippen molar-refractivity contribution >= 4 is 0 Å². The Morgan fingerprint density at radius 1 is 1.06 bits per heavy atom. The first-order chi connectivity index (χ1) is 7.50. The van der Waals surface area contributed by atoms with Crippen LogP contribution in [0.5, 0.6) is 0 Å². The minimum absolute atomic E-state index is 0.189. The van der Waals surface area contributed by atoms with Crippen molar-refractivity contribution in [2.75, 3.05) is 0 Å². The highest BCUT2D eigenvalue weighted by atomic mass is 19.4. The standard InChI is InChI=1S/C8H7F5N2O2/c1-14-3-4(5(16)15(2)6(14)17)7(9,10)8(11,12)13/h3H,1-2H3. The summed E-state index contributed by atoms with van der Waals surface area (Å²) in [6.07, 6.45) is -5.70. The van der Waals surface area contributed by atoms with Crippen molar-refractivity contribution < 1.29 is 22.0 Å². The Bertz CT molecular complexity index is 555. The van der Waals surface area contributed by atoms with Gasteiger partial charge in [-0.25, -0.2) is 4.79 Å². The lowest BCUT2D eigenvalue weighted by Crippen LogP contribution is -2.45. The van der Waals surface area contributed by atoms with Crippen molar-refractivity contribution in [1.82, 2.24) is 9.13 Å². The molecule has 0 saturated heterocycles. The van der Waals surface area contributed by atoms with Crippen molar-refractivity contribution in [2.45, 2.75) is 12.1 Å². The highest BCUT2D eigenvalue weighted by Gasteiger charge is 2.60. The predicted octanol–water partition coefficient (Wildman–Crippen LogP) is 0.738. The van der Waals surface area contributed by atoms with Crippen molar-refractivity contribution in [1.29, 1.82) is 0 Å². The fourth-order valence-electron chi connectivity index (χ4n) is 1.18. The van der Waals surface area contributed by atoms with Crippen LogP contribution in [0.1, 0.15) is 5.56 Å². The third kappa shape index (κ3) is 1.96. The summed E-state index contributed by atoms with van der Waals surface area (Å²) in [7, 11) is 1.79. The first-order valence-electron chi connectivity index (χ1n) is 4.22. The molecular weight excluding hydrogens is 251 g/mol. The lowest BCUT2D eigenvalue weighted by atomic mass is 10.1. The van der Waals surface area contributed by atoms with Crippen LogP contribution in [0, 0.1) is 0 Å². The van der Waals surface area contributed by atoms with E-state index in [1.807, 2.05) is 0 Å². The maximum absolute atomic E-state index is 13.0. The molecule has 0 radical (unpaired) electrons. The Labute approximate surface area is 90.9 Å². The molecule has 0 amide bonds. The highest BCUT2D eigenvalue weighted by molar-refractivity contribution is 5.15. The number of alkyl halides is 5. The quantitative estimate of drug-likeness (QED) is 0.697. The second-order valence-electron chi connectivity index (χ2n) is 3.37. The lowest BCUT2D eigenvalue weighted by Gasteiger charge is -2.19. The van der Waals surface area contributed by atoms with Crippen LogP contribution in [0.2, 0.25) is 0 Å². The molecule has 0 aliphatic carbocycles. The second-order valence-corrected chi connectivity index (χ2v) is 3.37. The van der Waals surface area contributed by atoms with E-state index in [0.29, 0.717) is 4.57 Å². The van der Waals surface area contributed by atoms with E-state index in [1.165, 1.54) is 0 Å². The average molecular weight is 258 g/mol. The number of hydrogen-bond acceptors (Lipinski definition) is 2. The summed E-state index contributed by atoms with van der Waals surface area (Å²) < 4.78 is 62.8. The molecule has 0 aliphatic rings. The number of aromatic nitrogens is 2. The maximum Gasteiger partial charge on any atom is 0.458 e. The van der Waals surface area contributed by atoms with Gasteiger partial charge in [0.25, 0.3) is 5.56 Å². The van der Waals surface area contributed by atoms with Crippen LogP contribution in [-0.4, -0.2) is 15.3 Å². The van der Waals surface area contributed by atoms with Crippen molar-refractivity contribution in [3.63, 3.8) is 0 Å². The van der Waals surface area contributed by atoms with Gasteiger partial charge in [0.05, 0.1) is 0 Å². The summed E-state index contributed by atoms with van der Waals surface area (Å²) in [6.45, 7) is 0. The lowest BCUT2D eigenvalue weighted by molar-refractivity contribution is -0.290. The zero-order valence-electron chi connectivity index (χ0n) is 8.68. The van der Waals surface area contributed by atoms with E-state index in [2.05, 4.69) is 0 Å².